The van der Waals surface area contributed by atoms with Crippen molar-refractivity contribution in [1.82, 2.24) is 0 Å². The predicted molar refractivity (Wildman–Crippen MR) is 60.0 cm³/mol. The van der Waals surface area contributed by atoms with Gasteiger partial charge in [0, 0.05) is 17.5 Å². The Kier molecular flexibility index (Phi) is 4.57. The van der Waals surface area contributed by atoms with Crippen LogP contribution in [0.3, 0.4) is 0 Å². The van der Waals surface area contributed by atoms with Crippen LogP contribution >= 0.6 is 0 Å². The minimum Gasteiger partial charge on any atom is -0.481 e. The molecular formula is C12H15F2NO2. The monoisotopic (exact) mass is 243 g/mol. The maximum atomic E-state index is 12.5. The molecule has 0 bridgehead atoms. The van der Waals surface area contributed by atoms with Crippen molar-refractivity contribution in [2.75, 3.05) is 0 Å². The fourth-order valence-corrected chi connectivity index (χ4v) is 1.72. The molecule has 3 nitrogen and oxygen atoms in total. The van der Waals surface area contributed by atoms with Gasteiger partial charge in [0.1, 0.15) is 0 Å². The molecule has 0 amide bonds. The highest BCUT2D eigenvalue weighted by Gasteiger charge is 2.20. The second kappa shape index (κ2) is 5.72. The van der Waals surface area contributed by atoms with E-state index < -0.39 is 24.4 Å². The Balaban J connectivity index is 3.01. The van der Waals surface area contributed by atoms with Gasteiger partial charge in [-0.3, -0.25) is 4.79 Å². The molecule has 0 saturated carbocycles. The van der Waals surface area contributed by atoms with Crippen molar-refractivity contribution < 1.29 is 18.7 Å². The van der Waals surface area contributed by atoms with Gasteiger partial charge in [-0.2, -0.15) is 0 Å². The molecule has 94 valence electrons. The molecule has 0 aliphatic carbocycles. The number of carboxylic acids is 1. The minimum absolute atomic E-state index is 0.112. The van der Waals surface area contributed by atoms with E-state index in [1.54, 1.807) is 13.0 Å². The minimum atomic E-state index is -2.56. The summed E-state index contributed by atoms with van der Waals surface area (Å²) < 4.78 is 25.1. The molecule has 0 saturated heterocycles. The summed E-state index contributed by atoms with van der Waals surface area (Å²) in [5, 5.41) is 8.77. The second-order valence-corrected chi connectivity index (χ2v) is 4.03. The number of benzene rings is 1. The van der Waals surface area contributed by atoms with Crippen LogP contribution in [-0.4, -0.2) is 17.1 Å². The van der Waals surface area contributed by atoms with E-state index in [0.717, 1.165) is 0 Å². The maximum absolute atomic E-state index is 12.5. The lowest BCUT2D eigenvalue weighted by Gasteiger charge is -2.20. The van der Waals surface area contributed by atoms with Gasteiger partial charge in [-0.15, -0.1) is 0 Å². The maximum Gasteiger partial charge on any atom is 0.304 e. The Morgan fingerprint density at radius 2 is 2.00 bits per heavy atom. The van der Waals surface area contributed by atoms with Gasteiger partial charge in [-0.1, -0.05) is 18.2 Å². The first-order chi connectivity index (χ1) is 7.91. The highest BCUT2D eigenvalue weighted by Crippen LogP contribution is 2.27. The zero-order valence-electron chi connectivity index (χ0n) is 9.44. The van der Waals surface area contributed by atoms with Crippen LogP contribution in [0.4, 0.5) is 8.78 Å². The van der Waals surface area contributed by atoms with Crippen molar-refractivity contribution in [3.63, 3.8) is 0 Å². The molecule has 5 heteroatoms. The number of carboxylic acid groups (broad SMARTS) is 1. The number of rotatable bonds is 5. The first-order valence-electron chi connectivity index (χ1n) is 5.27. The summed E-state index contributed by atoms with van der Waals surface area (Å²) in [6.45, 7) is 1.67. The zero-order valence-corrected chi connectivity index (χ0v) is 9.44. The van der Waals surface area contributed by atoms with E-state index in [4.69, 9.17) is 10.8 Å². The number of hydrogen-bond acceptors (Lipinski definition) is 2. The van der Waals surface area contributed by atoms with E-state index in [1.807, 2.05) is 0 Å². The molecule has 0 radical (unpaired) electrons. The number of nitrogens with two attached hydrogens (primary N) is 1. The third kappa shape index (κ3) is 3.78. The third-order valence-electron chi connectivity index (χ3n) is 2.62. The molecule has 2 unspecified atom stereocenters. The Morgan fingerprint density at radius 1 is 1.41 bits per heavy atom. The van der Waals surface area contributed by atoms with Gasteiger partial charge in [-0.05, 0) is 18.6 Å². The number of hydrogen-bond donors (Lipinski definition) is 2. The first-order valence-corrected chi connectivity index (χ1v) is 5.27. The average Bonchev–Trinajstić information content (AvgIpc) is 2.25. The van der Waals surface area contributed by atoms with E-state index in [-0.39, 0.29) is 12.0 Å². The summed E-state index contributed by atoms with van der Waals surface area (Å²) in [4.78, 5) is 10.7. The van der Waals surface area contributed by atoms with Gasteiger partial charge in [0.15, 0.2) is 0 Å². The standard InChI is InChI=1S/C12H15F2NO2/c1-7(15)10(6-11(16)17)8-3-2-4-9(5-8)12(13)14/h2-5,7,10,12H,6,15H2,1H3,(H,16,17). The highest BCUT2D eigenvalue weighted by atomic mass is 19.3. The van der Waals surface area contributed by atoms with Crippen LogP contribution in [0.25, 0.3) is 0 Å². The van der Waals surface area contributed by atoms with Crippen molar-refractivity contribution >= 4 is 5.97 Å². The third-order valence-corrected chi connectivity index (χ3v) is 2.62. The highest BCUT2D eigenvalue weighted by molar-refractivity contribution is 5.68. The lowest BCUT2D eigenvalue weighted by atomic mass is 9.89. The number of carbonyl (C=O) groups is 1. The fraction of sp³-hybridized carbons (Fsp3) is 0.417. The molecule has 0 fully saturated rings. The predicted octanol–water partition coefficient (Wildman–Crippen LogP) is 2.53. The molecule has 0 aliphatic rings. The largest absolute Gasteiger partial charge is 0.481 e. The normalized spacial score (nSPS) is 14.6. The number of alkyl halides is 2. The summed E-state index contributed by atoms with van der Waals surface area (Å²) in [7, 11) is 0. The molecule has 1 rings (SSSR count). The van der Waals surface area contributed by atoms with Gasteiger partial charge < -0.3 is 10.8 Å². The lowest BCUT2D eigenvalue weighted by Crippen LogP contribution is -2.26. The van der Waals surface area contributed by atoms with Crippen LogP contribution in [0.15, 0.2) is 24.3 Å². The first kappa shape index (κ1) is 13.6. The van der Waals surface area contributed by atoms with Gasteiger partial charge in [-0.25, -0.2) is 8.78 Å². The molecule has 0 spiro atoms. The zero-order chi connectivity index (χ0) is 13.0. The van der Waals surface area contributed by atoms with Gasteiger partial charge >= 0.3 is 5.97 Å². The van der Waals surface area contributed by atoms with E-state index >= 15 is 0 Å². The molecule has 0 heterocycles. The van der Waals surface area contributed by atoms with E-state index in [1.165, 1.54) is 18.2 Å². The van der Waals surface area contributed by atoms with Crippen LogP contribution < -0.4 is 5.73 Å². The van der Waals surface area contributed by atoms with E-state index in [0.29, 0.717) is 5.56 Å². The van der Waals surface area contributed by atoms with Crippen LogP contribution in [0.2, 0.25) is 0 Å². The summed E-state index contributed by atoms with van der Waals surface area (Å²) >= 11 is 0. The quantitative estimate of drug-likeness (QED) is 0.835. The molecule has 0 aromatic heterocycles. The molecule has 1 aromatic carbocycles. The Bertz CT molecular complexity index is 394. The molecule has 1 aromatic rings. The Hall–Kier alpha value is -1.49. The van der Waals surface area contributed by atoms with Gasteiger partial charge in [0.05, 0.1) is 6.42 Å². The van der Waals surface area contributed by atoms with Gasteiger partial charge in [0.25, 0.3) is 6.43 Å². The van der Waals surface area contributed by atoms with Gasteiger partial charge in [0.2, 0.25) is 0 Å². The molecule has 2 atom stereocenters. The summed E-state index contributed by atoms with van der Waals surface area (Å²) in [5.74, 6) is -1.44. The fourth-order valence-electron chi connectivity index (χ4n) is 1.72. The van der Waals surface area contributed by atoms with Crippen molar-refractivity contribution in [2.45, 2.75) is 31.7 Å². The smallest absolute Gasteiger partial charge is 0.304 e. The number of halogens is 2. The van der Waals surface area contributed by atoms with Crippen molar-refractivity contribution in [2.24, 2.45) is 5.73 Å². The summed E-state index contributed by atoms with van der Waals surface area (Å²) in [6, 6.07) is 5.35. The average molecular weight is 243 g/mol. The Labute approximate surface area is 98.2 Å². The van der Waals surface area contributed by atoms with E-state index in [2.05, 4.69) is 0 Å². The molecule has 3 N–H and O–H groups in total. The summed E-state index contributed by atoms with van der Waals surface area (Å²) in [6.07, 6.45) is -2.72. The van der Waals surface area contributed by atoms with E-state index in [9.17, 15) is 13.6 Å². The van der Waals surface area contributed by atoms with Crippen LogP contribution in [-0.2, 0) is 4.79 Å². The topological polar surface area (TPSA) is 63.3 Å². The van der Waals surface area contributed by atoms with Crippen molar-refractivity contribution in [3.05, 3.63) is 35.4 Å². The lowest BCUT2D eigenvalue weighted by molar-refractivity contribution is -0.137. The molecule has 0 aliphatic heterocycles. The van der Waals surface area contributed by atoms with Crippen LogP contribution in [0.1, 0.15) is 36.8 Å². The van der Waals surface area contributed by atoms with Crippen molar-refractivity contribution in [3.8, 4) is 0 Å². The molecule has 17 heavy (non-hydrogen) atoms. The number of aliphatic carboxylic acids is 1. The summed E-state index contributed by atoms with van der Waals surface area (Å²) in [5.41, 5.74) is 6.12. The SMILES string of the molecule is CC(N)C(CC(=O)O)c1cccc(C(F)F)c1. The molecular weight excluding hydrogens is 228 g/mol. The van der Waals surface area contributed by atoms with Crippen LogP contribution in [0.5, 0.6) is 0 Å². The second-order valence-electron chi connectivity index (χ2n) is 4.03. The van der Waals surface area contributed by atoms with Crippen LogP contribution in [0, 0.1) is 0 Å². The Morgan fingerprint density at radius 3 is 2.47 bits per heavy atom. The van der Waals surface area contributed by atoms with Crippen molar-refractivity contribution in [1.29, 1.82) is 0 Å².